The first-order valence-corrected chi connectivity index (χ1v) is 10.6. The molecule has 2 bridgehead atoms. The lowest BCUT2D eigenvalue weighted by Gasteiger charge is -2.47. The smallest absolute Gasteiger partial charge is 0.147 e. The number of aromatic nitrogens is 4. The Kier molecular flexibility index (Phi) is 4.51. The van der Waals surface area contributed by atoms with Crippen molar-refractivity contribution in [3.05, 3.63) is 42.9 Å². The number of halogens is 1. The Morgan fingerprint density at radius 3 is 2.68 bits per heavy atom. The van der Waals surface area contributed by atoms with Crippen molar-refractivity contribution in [2.75, 3.05) is 11.9 Å². The summed E-state index contributed by atoms with van der Waals surface area (Å²) in [6.45, 7) is 4.16. The molecule has 4 atom stereocenters. The molecule has 0 saturated carbocycles. The first-order chi connectivity index (χ1) is 14.8. The predicted molar refractivity (Wildman–Crippen MR) is 118 cm³/mol. The molecule has 3 N–H and O–H groups in total. The predicted octanol–water partition coefficient (Wildman–Crippen LogP) is 3.69. The van der Waals surface area contributed by atoms with Gasteiger partial charge in [0.25, 0.3) is 0 Å². The molecule has 1 aromatic carbocycles. The number of fused-ring (bicyclic) bond motifs is 2. The van der Waals surface area contributed by atoms with E-state index in [0.29, 0.717) is 17.1 Å². The van der Waals surface area contributed by atoms with Gasteiger partial charge in [0.05, 0.1) is 29.8 Å². The lowest BCUT2D eigenvalue weighted by Crippen LogP contribution is -2.65. The van der Waals surface area contributed by atoms with Gasteiger partial charge >= 0.3 is 0 Å². The van der Waals surface area contributed by atoms with Gasteiger partial charge < -0.3 is 15.3 Å². The number of phenolic OH excluding ortho intramolecular Hbond substituents is 1. The van der Waals surface area contributed by atoms with E-state index in [1.807, 2.05) is 37.1 Å². The lowest BCUT2D eigenvalue weighted by molar-refractivity contribution is 0.0859. The molecule has 2 aromatic heterocycles. The maximum atomic E-state index is 15.4. The number of alkyl halides is 1. The number of anilines is 1. The van der Waals surface area contributed by atoms with Gasteiger partial charge in [-0.05, 0) is 51.3 Å². The largest absolute Gasteiger partial charge is 0.507 e. The molecule has 0 amide bonds. The fraction of sp³-hybridized carbons (Fsp3) is 0.435. The number of aromatic hydroxyl groups is 1. The molecule has 3 aromatic rings. The zero-order chi connectivity index (χ0) is 21.8. The number of nitrogens with zero attached hydrogens (tertiary/aromatic N) is 4. The molecule has 0 unspecified atom stereocenters. The van der Waals surface area contributed by atoms with Crippen LogP contribution in [0.4, 0.5) is 10.2 Å². The number of benzene rings is 1. The Balaban J connectivity index is 1.38. The minimum atomic E-state index is -0.992. The van der Waals surface area contributed by atoms with Crippen molar-refractivity contribution in [3.63, 3.8) is 0 Å². The van der Waals surface area contributed by atoms with Gasteiger partial charge in [-0.2, -0.15) is 5.10 Å². The third-order valence-corrected chi connectivity index (χ3v) is 6.97. The summed E-state index contributed by atoms with van der Waals surface area (Å²) in [6.07, 6.45) is 6.49. The molecule has 0 aliphatic carbocycles. The monoisotopic (exact) mass is 422 g/mol. The highest BCUT2D eigenvalue weighted by Crippen LogP contribution is 2.45. The van der Waals surface area contributed by atoms with Crippen LogP contribution >= 0.6 is 0 Å². The van der Waals surface area contributed by atoms with Crippen molar-refractivity contribution in [2.24, 2.45) is 0 Å². The molecular formula is C23H27FN6O. The average molecular weight is 423 g/mol. The fourth-order valence-electron chi connectivity index (χ4n) is 5.18. The molecule has 2 aliphatic heterocycles. The highest BCUT2D eigenvalue weighted by atomic mass is 19.1. The topological polar surface area (TPSA) is 90.0 Å². The Labute approximate surface area is 180 Å². The van der Waals surface area contributed by atoms with Crippen LogP contribution in [-0.4, -0.2) is 55.6 Å². The summed E-state index contributed by atoms with van der Waals surface area (Å²) in [7, 11) is 1.88. The maximum absolute atomic E-state index is 15.4. The number of hydrogen-bond acceptors (Lipinski definition) is 6. The number of rotatable bonds is 4. The molecule has 5 rings (SSSR count). The van der Waals surface area contributed by atoms with Crippen LogP contribution in [0, 0.1) is 0 Å². The van der Waals surface area contributed by atoms with E-state index in [2.05, 4.69) is 32.4 Å². The minimum absolute atomic E-state index is 0.0498. The van der Waals surface area contributed by atoms with E-state index < -0.39 is 11.7 Å². The van der Waals surface area contributed by atoms with E-state index in [-0.39, 0.29) is 17.3 Å². The first kappa shape index (κ1) is 19.9. The fourth-order valence-corrected chi connectivity index (χ4v) is 5.18. The standard InChI is InChI=1S/C23H27FN6O/c1-22-7-8-23(2,29-22)21(24)18(11-22)30(3)20-13-25-17(12-26-20)15-5-4-14(10-19(15)31)16-6-9-27-28-16/h4-6,9-10,12-13,18,21,29,31H,7-8,11H2,1-3H3,(H,27,28)/t18-,21-,22-,23+/m1/s1. The quantitative estimate of drug-likeness (QED) is 0.594. The number of H-pyrrole nitrogens is 1. The second-order valence-electron chi connectivity index (χ2n) is 9.35. The van der Waals surface area contributed by atoms with Crippen LogP contribution in [0.1, 0.15) is 33.1 Å². The zero-order valence-electron chi connectivity index (χ0n) is 17.9. The lowest BCUT2D eigenvalue weighted by atomic mass is 9.82. The third kappa shape index (κ3) is 3.35. The Morgan fingerprint density at radius 2 is 2.00 bits per heavy atom. The van der Waals surface area contributed by atoms with Crippen molar-refractivity contribution in [1.29, 1.82) is 0 Å². The second-order valence-corrected chi connectivity index (χ2v) is 9.35. The van der Waals surface area contributed by atoms with Crippen molar-refractivity contribution in [3.8, 4) is 28.3 Å². The molecule has 2 saturated heterocycles. The van der Waals surface area contributed by atoms with Crippen molar-refractivity contribution in [2.45, 2.75) is 56.4 Å². The first-order valence-electron chi connectivity index (χ1n) is 10.6. The molecule has 4 heterocycles. The Bertz CT molecular complexity index is 1090. The van der Waals surface area contributed by atoms with Gasteiger partial charge in [0, 0.05) is 35.4 Å². The Hall–Kier alpha value is -3.00. The summed E-state index contributed by atoms with van der Waals surface area (Å²) >= 11 is 0. The number of piperidine rings is 1. The van der Waals surface area contributed by atoms with Crippen LogP contribution in [0.2, 0.25) is 0 Å². The van der Waals surface area contributed by atoms with Gasteiger partial charge in [-0.3, -0.25) is 10.1 Å². The van der Waals surface area contributed by atoms with Gasteiger partial charge in [-0.25, -0.2) is 9.37 Å². The van der Waals surface area contributed by atoms with Crippen LogP contribution in [-0.2, 0) is 0 Å². The van der Waals surface area contributed by atoms with Gasteiger partial charge in [-0.15, -0.1) is 0 Å². The van der Waals surface area contributed by atoms with Gasteiger partial charge in [-0.1, -0.05) is 6.07 Å². The number of aromatic amines is 1. The zero-order valence-corrected chi connectivity index (χ0v) is 17.9. The molecule has 2 aliphatic rings. The summed E-state index contributed by atoms with van der Waals surface area (Å²) in [5, 5.41) is 20.8. The summed E-state index contributed by atoms with van der Waals surface area (Å²) in [6, 6.07) is 6.95. The van der Waals surface area contributed by atoms with Crippen LogP contribution < -0.4 is 10.2 Å². The highest BCUT2D eigenvalue weighted by molar-refractivity contribution is 5.72. The van der Waals surface area contributed by atoms with Crippen molar-refractivity contribution >= 4 is 5.82 Å². The summed E-state index contributed by atoms with van der Waals surface area (Å²) in [4.78, 5) is 11.0. The van der Waals surface area contributed by atoms with Crippen LogP contribution in [0.15, 0.2) is 42.9 Å². The van der Waals surface area contributed by atoms with E-state index in [1.54, 1.807) is 24.7 Å². The van der Waals surface area contributed by atoms with Crippen LogP contribution in [0.3, 0.4) is 0 Å². The van der Waals surface area contributed by atoms with Crippen molar-refractivity contribution in [1.82, 2.24) is 25.5 Å². The maximum Gasteiger partial charge on any atom is 0.147 e. The molecule has 8 heteroatoms. The highest BCUT2D eigenvalue weighted by Gasteiger charge is 2.56. The van der Waals surface area contributed by atoms with E-state index >= 15 is 4.39 Å². The SMILES string of the molecule is CN(c1cnc(-c2ccc(-c3ccn[nH]3)cc2O)cn1)[C@@H]1C[C@@]2(C)CC[C@](C)(N2)[C@@H]1F. The summed E-state index contributed by atoms with van der Waals surface area (Å²) in [5.74, 6) is 0.737. The molecule has 0 spiro atoms. The molecule has 2 fully saturated rings. The van der Waals surface area contributed by atoms with Gasteiger partial charge in [0.2, 0.25) is 0 Å². The number of phenols is 1. The second kappa shape index (κ2) is 7.02. The van der Waals surface area contributed by atoms with E-state index in [1.165, 1.54) is 0 Å². The minimum Gasteiger partial charge on any atom is -0.507 e. The molecular weight excluding hydrogens is 395 g/mol. The Morgan fingerprint density at radius 1 is 1.16 bits per heavy atom. The van der Waals surface area contributed by atoms with E-state index in [9.17, 15) is 5.11 Å². The number of nitrogens with one attached hydrogen (secondary N) is 2. The third-order valence-electron chi connectivity index (χ3n) is 6.97. The van der Waals surface area contributed by atoms with E-state index in [4.69, 9.17) is 0 Å². The average Bonchev–Trinajstić information content (AvgIpc) is 3.38. The molecule has 162 valence electrons. The normalized spacial score (nSPS) is 29.8. The van der Waals surface area contributed by atoms with Crippen molar-refractivity contribution < 1.29 is 9.50 Å². The molecule has 0 radical (unpaired) electrons. The van der Waals surface area contributed by atoms with Crippen LogP contribution in [0.25, 0.3) is 22.5 Å². The van der Waals surface area contributed by atoms with Crippen LogP contribution in [0.5, 0.6) is 5.75 Å². The molecule has 31 heavy (non-hydrogen) atoms. The summed E-state index contributed by atoms with van der Waals surface area (Å²) in [5.41, 5.74) is 2.26. The molecule has 7 nitrogen and oxygen atoms in total. The summed E-state index contributed by atoms with van der Waals surface area (Å²) < 4.78 is 15.4. The number of hydrogen-bond donors (Lipinski definition) is 3. The van der Waals surface area contributed by atoms with E-state index in [0.717, 1.165) is 30.5 Å². The van der Waals surface area contributed by atoms with Gasteiger partial charge in [0.1, 0.15) is 17.7 Å². The van der Waals surface area contributed by atoms with Gasteiger partial charge in [0.15, 0.2) is 0 Å².